The molecule has 0 aliphatic rings. The molecule has 0 unspecified atom stereocenters. The van der Waals surface area contributed by atoms with Crippen molar-refractivity contribution >= 4 is 5.91 Å². The standard InChI is InChI=1S/C11H12F4N2O/c12-8-2-1-7(3-9(8)13)4-10(18)17-6-11(14,15)5-16/h1-3H,4-6,16H2,(H,17,18). The van der Waals surface area contributed by atoms with Gasteiger partial charge in [0.15, 0.2) is 11.6 Å². The van der Waals surface area contributed by atoms with E-state index in [0.717, 1.165) is 12.1 Å². The highest BCUT2D eigenvalue weighted by molar-refractivity contribution is 5.78. The molecule has 0 radical (unpaired) electrons. The second-order valence-corrected chi connectivity index (χ2v) is 3.76. The quantitative estimate of drug-likeness (QED) is 0.786. The van der Waals surface area contributed by atoms with Crippen LogP contribution in [-0.2, 0) is 11.2 Å². The molecule has 1 amide bonds. The molecule has 0 aliphatic heterocycles. The summed E-state index contributed by atoms with van der Waals surface area (Å²) in [5.41, 5.74) is 4.99. The van der Waals surface area contributed by atoms with Gasteiger partial charge in [0.1, 0.15) is 0 Å². The summed E-state index contributed by atoms with van der Waals surface area (Å²) in [4.78, 5) is 11.3. The fourth-order valence-corrected chi connectivity index (χ4v) is 1.20. The molecule has 0 saturated heterocycles. The fraction of sp³-hybridized carbons (Fsp3) is 0.364. The molecule has 0 aromatic heterocycles. The predicted octanol–water partition coefficient (Wildman–Crippen LogP) is 1.22. The smallest absolute Gasteiger partial charge is 0.277 e. The molecule has 3 N–H and O–H groups in total. The number of hydrogen-bond donors (Lipinski definition) is 2. The van der Waals surface area contributed by atoms with Crippen molar-refractivity contribution in [2.45, 2.75) is 12.3 Å². The van der Waals surface area contributed by atoms with E-state index in [1.807, 2.05) is 5.32 Å². The Morgan fingerprint density at radius 2 is 1.94 bits per heavy atom. The normalized spacial score (nSPS) is 11.4. The summed E-state index contributed by atoms with van der Waals surface area (Å²) in [6.07, 6.45) is -0.308. The first kappa shape index (κ1) is 14.4. The first-order valence-corrected chi connectivity index (χ1v) is 5.12. The summed E-state index contributed by atoms with van der Waals surface area (Å²) in [6.45, 7) is -1.76. The summed E-state index contributed by atoms with van der Waals surface area (Å²) >= 11 is 0. The van der Waals surface area contributed by atoms with Crippen molar-refractivity contribution in [1.29, 1.82) is 0 Å². The van der Waals surface area contributed by atoms with Gasteiger partial charge in [-0.05, 0) is 17.7 Å². The van der Waals surface area contributed by atoms with Gasteiger partial charge in [-0.25, -0.2) is 17.6 Å². The van der Waals surface area contributed by atoms with E-state index in [9.17, 15) is 22.4 Å². The Balaban J connectivity index is 2.52. The van der Waals surface area contributed by atoms with Gasteiger partial charge in [0, 0.05) is 0 Å². The van der Waals surface area contributed by atoms with Gasteiger partial charge < -0.3 is 11.1 Å². The van der Waals surface area contributed by atoms with E-state index in [0.29, 0.717) is 0 Å². The lowest BCUT2D eigenvalue weighted by Crippen LogP contribution is -2.42. The minimum Gasteiger partial charge on any atom is -0.350 e. The number of nitrogens with two attached hydrogens (primary N) is 1. The highest BCUT2D eigenvalue weighted by Gasteiger charge is 2.27. The maximum atomic E-state index is 12.8. The average Bonchev–Trinajstić information content (AvgIpc) is 2.32. The summed E-state index contributed by atoms with van der Waals surface area (Å²) in [5.74, 6) is -6.01. The Morgan fingerprint density at radius 3 is 2.50 bits per heavy atom. The van der Waals surface area contributed by atoms with Gasteiger partial charge in [0.05, 0.1) is 19.5 Å². The molecule has 3 nitrogen and oxygen atoms in total. The Hall–Kier alpha value is -1.63. The Bertz CT molecular complexity index is 437. The fourth-order valence-electron chi connectivity index (χ4n) is 1.20. The van der Waals surface area contributed by atoms with Crippen molar-refractivity contribution in [3.05, 3.63) is 35.4 Å². The first-order chi connectivity index (χ1) is 8.34. The topological polar surface area (TPSA) is 55.1 Å². The van der Waals surface area contributed by atoms with Crippen LogP contribution >= 0.6 is 0 Å². The molecule has 18 heavy (non-hydrogen) atoms. The average molecular weight is 264 g/mol. The number of amides is 1. The van der Waals surface area contributed by atoms with Crippen molar-refractivity contribution in [3.8, 4) is 0 Å². The van der Waals surface area contributed by atoms with E-state index in [1.165, 1.54) is 6.07 Å². The molecule has 0 aliphatic carbocycles. The molecule has 1 rings (SSSR count). The van der Waals surface area contributed by atoms with Crippen molar-refractivity contribution in [3.63, 3.8) is 0 Å². The minimum atomic E-state index is -3.18. The Labute approximate surface area is 101 Å². The van der Waals surface area contributed by atoms with Gasteiger partial charge in [-0.1, -0.05) is 6.07 Å². The van der Waals surface area contributed by atoms with Gasteiger partial charge in [-0.3, -0.25) is 4.79 Å². The third kappa shape index (κ3) is 4.33. The van der Waals surface area contributed by atoms with Crippen LogP contribution in [0, 0.1) is 11.6 Å². The zero-order valence-corrected chi connectivity index (χ0v) is 9.35. The zero-order valence-electron chi connectivity index (χ0n) is 9.35. The van der Waals surface area contributed by atoms with Crippen LogP contribution in [0.1, 0.15) is 5.56 Å². The molecule has 0 fully saturated rings. The molecule has 100 valence electrons. The second-order valence-electron chi connectivity index (χ2n) is 3.76. The SMILES string of the molecule is NCC(F)(F)CNC(=O)Cc1ccc(F)c(F)c1. The monoisotopic (exact) mass is 264 g/mol. The van der Waals surface area contributed by atoms with Gasteiger partial charge in [-0.2, -0.15) is 0 Å². The van der Waals surface area contributed by atoms with Crippen LogP contribution in [0.3, 0.4) is 0 Å². The number of halogens is 4. The molecule has 0 heterocycles. The van der Waals surface area contributed by atoms with E-state index >= 15 is 0 Å². The van der Waals surface area contributed by atoms with E-state index < -0.39 is 36.6 Å². The highest BCUT2D eigenvalue weighted by Crippen LogP contribution is 2.10. The van der Waals surface area contributed by atoms with Gasteiger partial charge in [0.2, 0.25) is 5.91 Å². The number of carbonyl (C=O) groups is 1. The molecule has 0 spiro atoms. The van der Waals surface area contributed by atoms with E-state index in [1.54, 1.807) is 0 Å². The van der Waals surface area contributed by atoms with Crippen molar-refractivity contribution in [1.82, 2.24) is 5.32 Å². The van der Waals surface area contributed by atoms with Gasteiger partial charge >= 0.3 is 0 Å². The van der Waals surface area contributed by atoms with Crippen LogP contribution in [0.25, 0.3) is 0 Å². The Morgan fingerprint density at radius 1 is 1.28 bits per heavy atom. The number of nitrogens with one attached hydrogen (secondary N) is 1. The van der Waals surface area contributed by atoms with Crippen LogP contribution in [0.4, 0.5) is 17.6 Å². The number of carbonyl (C=O) groups excluding carboxylic acids is 1. The molecule has 7 heteroatoms. The summed E-state index contributed by atoms with van der Waals surface area (Å²) in [6, 6.07) is 2.92. The maximum absolute atomic E-state index is 12.8. The van der Waals surface area contributed by atoms with Crippen LogP contribution in [0.2, 0.25) is 0 Å². The lowest BCUT2D eigenvalue weighted by molar-refractivity contribution is -0.122. The lowest BCUT2D eigenvalue weighted by Gasteiger charge is -2.14. The summed E-state index contributed by atoms with van der Waals surface area (Å²) in [5, 5.41) is 1.97. The third-order valence-corrected chi connectivity index (χ3v) is 2.19. The van der Waals surface area contributed by atoms with Crippen LogP contribution in [0.15, 0.2) is 18.2 Å². The highest BCUT2D eigenvalue weighted by atomic mass is 19.3. The lowest BCUT2D eigenvalue weighted by atomic mass is 10.1. The van der Waals surface area contributed by atoms with Gasteiger partial charge in [-0.15, -0.1) is 0 Å². The van der Waals surface area contributed by atoms with Crippen LogP contribution in [0.5, 0.6) is 0 Å². The van der Waals surface area contributed by atoms with Crippen molar-refractivity contribution < 1.29 is 22.4 Å². The second kappa shape index (κ2) is 5.81. The van der Waals surface area contributed by atoms with Crippen molar-refractivity contribution in [2.24, 2.45) is 5.73 Å². The Kier molecular flexibility index (Phi) is 4.66. The van der Waals surface area contributed by atoms with Crippen LogP contribution in [-0.4, -0.2) is 24.9 Å². The summed E-state index contributed by atoms with van der Waals surface area (Å²) < 4.78 is 50.9. The van der Waals surface area contributed by atoms with Crippen molar-refractivity contribution in [2.75, 3.05) is 13.1 Å². The van der Waals surface area contributed by atoms with E-state index in [4.69, 9.17) is 5.73 Å². The largest absolute Gasteiger partial charge is 0.350 e. The molecule has 1 aromatic rings. The molecule has 1 aromatic carbocycles. The van der Waals surface area contributed by atoms with E-state index in [-0.39, 0.29) is 12.0 Å². The predicted molar refractivity (Wildman–Crippen MR) is 57.1 cm³/mol. The first-order valence-electron chi connectivity index (χ1n) is 5.12. The van der Waals surface area contributed by atoms with E-state index in [2.05, 4.69) is 0 Å². The number of hydrogen-bond acceptors (Lipinski definition) is 2. The molecule has 0 atom stereocenters. The minimum absolute atomic E-state index is 0.197. The zero-order chi connectivity index (χ0) is 13.8. The summed E-state index contributed by atoms with van der Waals surface area (Å²) in [7, 11) is 0. The van der Waals surface area contributed by atoms with Gasteiger partial charge in [0.25, 0.3) is 5.92 Å². The molecular weight excluding hydrogens is 252 g/mol. The molecular formula is C11H12F4N2O. The number of alkyl halides is 2. The van der Waals surface area contributed by atoms with Crippen LogP contribution < -0.4 is 11.1 Å². The molecule has 0 bridgehead atoms. The third-order valence-electron chi connectivity index (χ3n) is 2.19. The maximum Gasteiger partial charge on any atom is 0.277 e. The number of rotatable bonds is 5. The number of benzene rings is 1. The molecule has 0 saturated carbocycles.